The van der Waals surface area contributed by atoms with Crippen molar-refractivity contribution in [2.45, 2.75) is 304 Å². The molecule has 0 heterocycles. The van der Waals surface area contributed by atoms with Crippen LogP contribution in [0.15, 0.2) is 0 Å². The van der Waals surface area contributed by atoms with Crippen molar-refractivity contribution in [2.24, 2.45) is 17.3 Å². The number of aliphatic hydroxyl groups excluding tert-OH is 1. The van der Waals surface area contributed by atoms with Crippen LogP contribution >= 0.6 is 0 Å². The molecule has 0 amide bonds. The fourth-order valence-corrected chi connectivity index (χ4v) is 10.6. The van der Waals surface area contributed by atoms with Crippen molar-refractivity contribution in [3.63, 3.8) is 0 Å². The number of carbonyl (C=O) groups is 2. The molecule has 7 heteroatoms. The first kappa shape index (κ1) is 63.8. The summed E-state index contributed by atoms with van der Waals surface area (Å²) in [5, 5.41) is 10.0. The molecule has 1 aliphatic carbocycles. The summed E-state index contributed by atoms with van der Waals surface area (Å²) in [4.78, 5) is 31.0. The van der Waals surface area contributed by atoms with E-state index in [1.807, 2.05) is 0 Å². The predicted octanol–water partition coefficient (Wildman–Crippen LogP) is 17.0. The van der Waals surface area contributed by atoms with Crippen LogP contribution in [0, 0.1) is 17.3 Å². The normalized spacial score (nSPS) is 14.3. The Balaban J connectivity index is 2.53. The molecule has 1 fully saturated rings. The number of unbranched alkanes of at least 4 members (excludes halogenated alkanes) is 24. The smallest absolute Gasteiger partial charge is 0.305 e. The SMILES string of the molecule is CCCCCCCCC(CCCCCCCC)COC(=O)CCCCCN(CCO)CCN(CCCCCC(=O)OCC(CCCCCCCC)CCCCCCCC)C1CCC(C)(C)CC1. The second-order valence-electron chi connectivity index (χ2n) is 22.4. The quantitative estimate of drug-likeness (QED) is 0.0481. The summed E-state index contributed by atoms with van der Waals surface area (Å²) >= 11 is 0. The highest BCUT2D eigenvalue weighted by Gasteiger charge is 2.30. The van der Waals surface area contributed by atoms with Crippen molar-refractivity contribution in [3.8, 4) is 0 Å². The van der Waals surface area contributed by atoms with Gasteiger partial charge in [-0.1, -0.05) is 208 Å². The molecule has 1 saturated carbocycles. The zero-order chi connectivity index (χ0) is 48.9. The molecule has 1 aliphatic rings. The minimum Gasteiger partial charge on any atom is -0.465 e. The van der Waals surface area contributed by atoms with Crippen molar-refractivity contribution in [3.05, 3.63) is 0 Å². The molecule has 0 bridgehead atoms. The van der Waals surface area contributed by atoms with Gasteiger partial charge in [-0.15, -0.1) is 0 Å². The maximum absolute atomic E-state index is 12.9. The molecular formula is C60H118N2O5. The number of nitrogens with zero attached hydrogens (tertiary/aromatic N) is 2. The molecule has 0 aromatic heterocycles. The standard InChI is InChI=1S/C60H118N2O5/c1-7-11-15-19-23-29-37-55(38-30-24-20-16-12-8-2)53-66-58(64)41-33-27-35-47-61(51-52-63)49-50-62(57-43-45-60(5,6)46-44-57)48-36-28-34-42-59(65)67-54-56(39-31-25-21-17-13-9-3)40-32-26-22-18-14-10-4/h55-57,63H,7-54H2,1-6H3. The van der Waals surface area contributed by atoms with E-state index in [2.05, 4.69) is 51.3 Å². The Kier molecular flexibility index (Phi) is 43.8. The van der Waals surface area contributed by atoms with Gasteiger partial charge in [-0.05, 0) is 107 Å². The van der Waals surface area contributed by atoms with Gasteiger partial charge >= 0.3 is 11.9 Å². The molecule has 7 nitrogen and oxygen atoms in total. The molecule has 0 radical (unpaired) electrons. The number of rotatable bonds is 50. The van der Waals surface area contributed by atoms with E-state index in [9.17, 15) is 14.7 Å². The molecule has 0 atom stereocenters. The molecule has 0 aromatic carbocycles. The van der Waals surface area contributed by atoms with Crippen molar-refractivity contribution in [1.82, 2.24) is 9.80 Å². The van der Waals surface area contributed by atoms with Crippen LogP contribution in [0.2, 0.25) is 0 Å². The van der Waals surface area contributed by atoms with Gasteiger partial charge in [0.1, 0.15) is 0 Å². The molecule has 0 aliphatic heterocycles. The van der Waals surface area contributed by atoms with Crippen LogP contribution in [0.4, 0.5) is 0 Å². The molecule has 398 valence electrons. The second kappa shape index (κ2) is 45.9. The Morgan fingerprint density at radius 1 is 0.463 bits per heavy atom. The summed E-state index contributed by atoms with van der Waals surface area (Å²) in [6, 6.07) is 0.617. The third-order valence-corrected chi connectivity index (χ3v) is 15.4. The first-order valence-electron chi connectivity index (χ1n) is 30.1. The highest BCUT2D eigenvalue weighted by molar-refractivity contribution is 5.69. The Hall–Kier alpha value is -1.18. The monoisotopic (exact) mass is 947 g/mol. The maximum atomic E-state index is 12.9. The fraction of sp³-hybridized carbons (Fsp3) is 0.967. The van der Waals surface area contributed by atoms with Crippen molar-refractivity contribution < 1.29 is 24.2 Å². The first-order chi connectivity index (χ1) is 32.7. The summed E-state index contributed by atoms with van der Waals surface area (Å²) in [6.45, 7) is 20.1. The van der Waals surface area contributed by atoms with Crippen molar-refractivity contribution in [2.75, 3.05) is 52.5 Å². The van der Waals surface area contributed by atoms with Gasteiger partial charge in [0.15, 0.2) is 0 Å². The lowest BCUT2D eigenvalue weighted by Crippen LogP contribution is -2.44. The van der Waals surface area contributed by atoms with Gasteiger partial charge in [-0.25, -0.2) is 0 Å². The summed E-state index contributed by atoms with van der Waals surface area (Å²) in [5.41, 5.74) is 0.433. The van der Waals surface area contributed by atoms with E-state index in [4.69, 9.17) is 9.47 Å². The second-order valence-corrected chi connectivity index (χ2v) is 22.4. The number of hydrogen-bond donors (Lipinski definition) is 1. The van der Waals surface area contributed by atoms with Crippen LogP contribution < -0.4 is 0 Å². The van der Waals surface area contributed by atoms with Crippen LogP contribution in [-0.2, 0) is 19.1 Å². The number of hydrogen-bond acceptors (Lipinski definition) is 7. The zero-order valence-electron chi connectivity index (χ0n) is 46.1. The molecule has 0 unspecified atom stereocenters. The summed E-state index contributed by atoms with van der Waals surface area (Å²) in [5.74, 6) is 1.02. The number of aliphatic hydroxyl groups is 1. The third-order valence-electron chi connectivity index (χ3n) is 15.4. The topological polar surface area (TPSA) is 79.3 Å². The fourth-order valence-electron chi connectivity index (χ4n) is 10.6. The Labute approximate surface area is 418 Å². The summed E-state index contributed by atoms with van der Waals surface area (Å²) < 4.78 is 11.9. The summed E-state index contributed by atoms with van der Waals surface area (Å²) in [7, 11) is 0. The lowest BCUT2D eigenvalue weighted by atomic mass is 9.75. The molecule has 0 spiro atoms. The van der Waals surface area contributed by atoms with E-state index in [0.29, 0.717) is 55.9 Å². The largest absolute Gasteiger partial charge is 0.465 e. The summed E-state index contributed by atoms with van der Waals surface area (Å²) in [6.07, 6.45) is 48.6. The molecule has 67 heavy (non-hydrogen) atoms. The van der Waals surface area contributed by atoms with Gasteiger partial charge < -0.3 is 14.6 Å². The number of ether oxygens (including phenoxy) is 2. The molecular weight excluding hydrogens is 829 g/mol. The molecule has 0 aromatic rings. The van der Waals surface area contributed by atoms with Crippen LogP contribution in [0.1, 0.15) is 298 Å². The van der Waals surface area contributed by atoms with Crippen LogP contribution in [-0.4, -0.2) is 85.4 Å². The van der Waals surface area contributed by atoms with Gasteiger partial charge in [0.2, 0.25) is 0 Å². The van der Waals surface area contributed by atoms with E-state index in [1.165, 1.54) is 205 Å². The lowest BCUT2D eigenvalue weighted by Gasteiger charge is -2.41. The van der Waals surface area contributed by atoms with Gasteiger partial charge in [-0.3, -0.25) is 19.4 Å². The van der Waals surface area contributed by atoms with Crippen LogP contribution in [0.25, 0.3) is 0 Å². The average molecular weight is 948 g/mol. The Morgan fingerprint density at radius 3 is 1.21 bits per heavy atom. The van der Waals surface area contributed by atoms with Crippen molar-refractivity contribution >= 4 is 11.9 Å². The van der Waals surface area contributed by atoms with E-state index < -0.39 is 0 Å². The average Bonchev–Trinajstić information content (AvgIpc) is 3.31. The zero-order valence-corrected chi connectivity index (χ0v) is 46.1. The van der Waals surface area contributed by atoms with Gasteiger partial charge in [0.25, 0.3) is 0 Å². The van der Waals surface area contributed by atoms with E-state index in [-0.39, 0.29) is 18.5 Å². The maximum Gasteiger partial charge on any atom is 0.305 e. The minimum absolute atomic E-state index is 0.00467. The van der Waals surface area contributed by atoms with Gasteiger partial charge in [0.05, 0.1) is 19.8 Å². The van der Waals surface area contributed by atoms with E-state index in [1.54, 1.807) is 0 Å². The molecule has 0 saturated heterocycles. The Bertz CT molecular complexity index is 1040. The van der Waals surface area contributed by atoms with Crippen LogP contribution in [0.5, 0.6) is 0 Å². The lowest BCUT2D eigenvalue weighted by molar-refractivity contribution is -0.146. The Morgan fingerprint density at radius 2 is 0.821 bits per heavy atom. The number of carbonyl (C=O) groups excluding carboxylic acids is 2. The predicted molar refractivity (Wildman–Crippen MR) is 289 cm³/mol. The van der Waals surface area contributed by atoms with E-state index in [0.717, 1.165) is 64.7 Å². The highest BCUT2D eigenvalue weighted by Crippen LogP contribution is 2.37. The molecule has 1 rings (SSSR count). The van der Waals surface area contributed by atoms with Crippen molar-refractivity contribution in [1.29, 1.82) is 0 Å². The first-order valence-corrected chi connectivity index (χ1v) is 30.1. The van der Waals surface area contributed by atoms with Gasteiger partial charge in [-0.2, -0.15) is 0 Å². The number of esters is 2. The van der Waals surface area contributed by atoms with Crippen LogP contribution in [0.3, 0.4) is 0 Å². The third kappa shape index (κ3) is 39.2. The van der Waals surface area contributed by atoms with Gasteiger partial charge in [0, 0.05) is 38.5 Å². The minimum atomic E-state index is -0.0162. The molecule has 1 N–H and O–H groups in total. The van der Waals surface area contributed by atoms with E-state index >= 15 is 0 Å². The highest BCUT2D eigenvalue weighted by atomic mass is 16.5.